The van der Waals surface area contributed by atoms with Crippen molar-refractivity contribution >= 4 is 11.8 Å². The summed E-state index contributed by atoms with van der Waals surface area (Å²) in [5.74, 6) is 0. The number of benzene rings is 1. The van der Waals surface area contributed by atoms with Gasteiger partial charge in [-0.1, -0.05) is 12.1 Å². The van der Waals surface area contributed by atoms with Crippen LogP contribution in [0.1, 0.15) is 39.2 Å². The van der Waals surface area contributed by atoms with E-state index in [1.807, 2.05) is 26.8 Å². The van der Waals surface area contributed by atoms with Crippen LogP contribution in [0.3, 0.4) is 0 Å². The Labute approximate surface area is 139 Å². The Hall–Kier alpha value is -1.75. The van der Waals surface area contributed by atoms with E-state index in [9.17, 15) is 4.79 Å². The molecule has 0 radical (unpaired) electrons. The Kier molecular flexibility index (Phi) is 7.89. The molecular weight excluding hydrogens is 292 g/mol. The second-order valence-electron chi connectivity index (χ2n) is 6.74. The summed E-state index contributed by atoms with van der Waals surface area (Å²) in [7, 11) is 1.70. The Morgan fingerprint density at radius 2 is 2.04 bits per heavy atom. The van der Waals surface area contributed by atoms with Crippen LogP contribution in [0.4, 0.5) is 10.5 Å². The van der Waals surface area contributed by atoms with E-state index in [1.165, 1.54) is 5.56 Å². The molecule has 0 bridgehead atoms. The van der Waals surface area contributed by atoms with Crippen molar-refractivity contribution in [3.63, 3.8) is 0 Å². The standard InChI is InChI=1S/C18H30N2O3/c1-14-8-6-9-15(12-14)20-16(13-22-5)10-7-11-19-17(21)23-18(2,3)4/h6,8-9,12,16,20H,7,10-11,13H2,1-5H3,(H,19,21). The van der Waals surface area contributed by atoms with Crippen LogP contribution in [0.2, 0.25) is 0 Å². The van der Waals surface area contributed by atoms with Crippen LogP contribution in [-0.2, 0) is 9.47 Å². The van der Waals surface area contributed by atoms with Crippen LogP contribution >= 0.6 is 0 Å². The zero-order valence-corrected chi connectivity index (χ0v) is 14.9. The zero-order chi connectivity index (χ0) is 17.3. The molecule has 0 saturated heterocycles. The summed E-state index contributed by atoms with van der Waals surface area (Å²) >= 11 is 0. The summed E-state index contributed by atoms with van der Waals surface area (Å²) < 4.78 is 10.5. The Morgan fingerprint density at radius 1 is 1.30 bits per heavy atom. The molecule has 5 heteroatoms. The Morgan fingerprint density at radius 3 is 2.65 bits per heavy atom. The molecule has 1 unspecified atom stereocenters. The molecular formula is C18H30N2O3. The number of aryl methyl sites for hydroxylation is 1. The number of anilines is 1. The van der Waals surface area contributed by atoms with Crippen LogP contribution < -0.4 is 10.6 Å². The molecule has 0 spiro atoms. The number of rotatable bonds is 8. The number of ether oxygens (including phenoxy) is 2. The highest BCUT2D eigenvalue weighted by molar-refractivity contribution is 5.67. The highest BCUT2D eigenvalue weighted by Gasteiger charge is 2.15. The third kappa shape index (κ3) is 9.08. The number of alkyl carbamates (subject to hydrolysis) is 1. The van der Waals surface area contributed by atoms with E-state index in [2.05, 4.69) is 35.8 Å². The van der Waals surface area contributed by atoms with Crippen LogP contribution in [0.5, 0.6) is 0 Å². The molecule has 0 aliphatic heterocycles. The molecule has 1 aromatic carbocycles. The summed E-state index contributed by atoms with van der Waals surface area (Å²) in [6.45, 7) is 8.85. The van der Waals surface area contributed by atoms with Gasteiger partial charge in [0.2, 0.25) is 0 Å². The monoisotopic (exact) mass is 322 g/mol. The number of methoxy groups -OCH3 is 1. The van der Waals surface area contributed by atoms with Gasteiger partial charge in [-0.05, 0) is 58.2 Å². The molecule has 0 aromatic heterocycles. The second-order valence-corrected chi connectivity index (χ2v) is 6.74. The molecule has 2 N–H and O–H groups in total. The number of amides is 1. The minimum atomic E-state index is -0.463. The predicted octanol–water partition coefficient (Wildman–Crippen LogP) is 3.73. The first kappa shape index (κ1) is 19.3. The van der Waals surface area contributed by atoms with Crippen LogP contribution in [-0.4, -0.2) is 38.0 Å². The van der Waals surface area contributed by atoms with Gasteiger partial charge in [0.1, 0.15) is 5.60 Å². The van der Waals surface area contributed by atoms with E-state index in [0.29, 0.717) is 13.2 Å². The van der Waals surface area contributed by atoms with E-state index < -0.39 is 5.60 Å². The maximum Gasteiger partial charge on any atom is 0.407 e. The SMILES string of the molecule is COCC(CCCNC(=O)OC(C)(C)C)Nc1cccc(C)c1. The van der Waals surface area contributed by atoms with E-state index in [-0.39, 0.29) is 12.1 Å². The quantitative estimate of drug-likeness (QED) is 0.716. The van der Waals surface area contributed by atoms with E-state index in [1.54, 1.807) is 7.11 Å². The lowest BCUT2D eigenvalue weighted by Crippen LogP contribution is -2.33. The molecule has 0 saturated carbocycles. The summed E-state index contributed by atoms with van der Waals surface area (Å²) in [6.07, 6.45) is 1.39. The minimum Gasteiger partial charge on any atom is -0.444 e. The lowest BCUT2D eigenvalue weighted by Gasteiger charge is -2.21. The normalized spacial score (nSPS) is 12.6. The fraction of sp³-hybridized carbons (Fsp3) is 0.611. The first-order valence-electron chi connectivity index (χ1n) is 8.09. The van der Waals surface area contributed by atoms with Crippen molar-refractivity contribution in [3.05, 3.63) is 29.8 Å². The predicted molar refractivity (Wildman–Crippen MR) is 93.9 cm³/mol. The smallest absolute Gasteiger partial charge is 0.407 e. The largest absolute Gasteiger partial charge is 0.444 e. The molecule has 130 valence electrons. The van der Waals surface area contributed by atoms with Gasteiger partial charge in [-0.15, -0.1) is 0 Å². The summed E-state index contributed by atoms with van der Waals surface area (Å²) in [5, 5.41) is 6.26. The molecule has 1 atom stereocenters. The Bertz CT molecular complexity index is 483. The maximum absolute atomic E-state index is 11.6. The van der Waals surface area contributed by atoms with Gasteiger partial charge in [-0.25, -0.2) is 4.79 Å². The lowest BCUT2D eigenvalue weighted by molar-refractivity contribution is 0.0526. The molecule has 0 aliphatic rings. The number of carbonyl (C=O) groups excluding carboxylic acids is 1. The van der Waals surface area contributed by atoms with Gasteiger partial charge >= 0.3 is 6.09 Å². The molecule has 1 aromatic rings. The van der Waals surface area contributed by atoms with Gasteiger partial charge in [-0.3, -0.25) is 0 Å². The fourth-order valence-corrected chi connectivity index (χ4v) is 2.22. The van der Waals surface area contributed by atoms with Crippen molar-refractivity contribution in [1.82, 2.24) is 5.32 Å². The average molecular weight is 322 g/mol. The van der Waals surface area contributed by atoms with Crippen LogP contribution in [0.25, 0.3) is 0 Å². The van der Waals surface area contributed by atoms with Gasteiger partial charge in [-0.2, -0.15) is 0 Å². The van der Waals surface area contributed by atoms with Crippen molar-refractivity contribution in [2.24, 2.45) is 0 Å². The average Bonchev–Trinajstić information content (AvgIpc) is 2.42. The van der Waals surface area contributed by atoms with Crippen molar-refractivity contribution in [2.45, 2.75) is 52.2 Å². The van der Waals surface area contributed by atoms with Crippen molar-refractivity contribution in [2.75, 3.05) is 25.6 Å². The second kappa shape index (κ2) is 9.40. The zero-order valence-electron chi connectivity index (χ0n) is 14.9. The first-order chi connectivity index (χ1) is 10.8. The fourth-order valence-electron chi connectivity index (χ4n) is 2.22. The molecule has 0 fully saturated rings. The first-order valence-corrected chi connectivity index (χ1v) is 8.09. The topological polar surface area (TPSA) is 59.6 Å². The molecule has 1 amide bonds. The van der Waals surface area contributed by atoms with E-state index in [0.717, 1.165) is 18.5 Å². The molecule has 0 aliphatic carbocycles. The number of hydrogen-bond donors (Lipinski definition) is 2. The summed E-state index contributed by atoms with van der Waals surface area (Å²) in [5.41, 5.74) is 1.85. The minimum absolute atomic E-state index is 0.210. The van der Waals surface area contributed by atoms with Crippen molar-refractivity contribution in [3.8, 4) is 0 Å². The molecule has 0 heterocycles. The van der Waals surface area contributed by atoms with E-state index in [4.69, 9.17) is 9.47 Å². The molecule has 23 heavy (non-hydrogen) atoms. The third-order valence-electron chi connectivity index (χ3n) is 3.15. The number of hydrogen-bond acceptors (Lipinski definition) is 4. The highest BCUT2D eigenvalue weighted by atomic mass is 16.6. The Balaban J connectivity index is 2.35. The number of carbonyl (C=O) groups is 1. The number of nitrogens with one attached hydrogen (secondary N) is 2. The van der Waals surface area contributed by atoms with Gasteiger partial charge in [0.15, 0.2) is 0 Å². The molecule has 1 rings (SSSR count). The van der Waals surface area contributed by atoms with Crippen molar-refractivity contribution in [1.29, 1.82) is 0 Å². The van der Waals surface area contributed by atoms with Crippen molar-refractivity contribution < 1.29 is 14.3 Å². The third-order valence-corrected chi connectivity index (χ3v) is 3.15. The summed E-state index contributed by atoms with van der Waals surface area (Å²) in [4.78, 5) is 11.6. The lowest BCUT2D eigenvalue weighted by atomic mass is 10.1. The van der Waals surface area contributed by atoms with Gasteiger partial charge < -0.3 is 20.1 Å². The maximum atomic E-state index is 11.6. The van der Waals surface area contributed by atoms with Gasteiger partial charge in [0.25, 0.3) is 0 Å². The molecule has 5 nitrogen and oxygen atoms in total. The van der Waals surface area contributed by atoms with Crippen LogP contribution in [0, 0.1) is 6.92 Å². The van der Waals surface area contributed by atoms with Gasteiger partial charge in [0.05, 0.1) is 6.61 Å². The van der Waals surface area contributed by atoms with Crippen LogP contribution in [0.15, 0.2) is 24.3 Å². The summed E-state index contributed by atoms with van der Waals surface area (Å²) in [6, 6.07) is 8.48. The highest BCUT2D eigenvalue weighted by Crippen LogP contribution is 2.13. The van der Waals surface area contributed by atoms with Gasteiger partial charge in [0, 0.05) is 25.4 Å². The van der Waals surface area contributed by atoms with E-state index >= 15 is 0 Å².